The third kappa shape index (κ3) is 6.17. The molecule has 0 saturated heterocycles. The molecular weight excluding hydrogens is 270 g/mol. The van der Waals surface area contributed by atoms with Gasteiger partial charge in [-0.2, -0.15) is 0 Å². The molecule has 0 bridgehead atoms. The summed E-state index contributed by atoms with van der Waals surface area (Å²) in [5, 5.41) is 0. The molecule has 3 heteroatoms. The van der Waals surface area contributed by atoms with E-state index in [4.69, 9.17) is 0 Å². The Labute approximate surface area is 141 Å². The van der Waals surface area contributed by atoms with Crippen molar-refractivity contribution in [1.29, 1.82) is 0 Å². The van der Waals surface area contributed by atoms with Crippen LogP contribution in [0.25, 0.3) is 0 Å². The standard InChI is InChI=1S/C19H43N3/c1-8-12-13-14-15-16-17-18-19(20(5)9-2,21(6)10-3)22(7)11-4/h8-18H2,1-7H3. The van der Waals surface area contributed by atoms with E-state index in [1.165, 1.54) is 51.4 Å². The lowest BCUT2D eigenvalue weighted by atomic mass is 10.0. The molecule has 0 N–H and O–H groups in total. The van der Waals surface area contributed by atoms with Crippen molar-refractivity contribution in [2.24, 2.45) is 0 Å². The molecule has 0 amide bonds. The van der Waals surface area contributed by atoms with Crippen molar-refractivity contribution in [3.8, 4) is 0 Å². The summed E-state index contributed by atoms with van der Waals surface area (Å²) in [6.45, 7) is 12.4. The van der Waals surface area contributed by atoms with E-state index in [1.807, 2.05) is 0 Å². The molecule has 0 heterocycles. The fourth-order valence-electron chi connectivity index (χ4n) is 3.53. The average Bonchev–Trinajstić information content (AvgIpc) is 2.55. The Kier molecular flexibility index (Phi) is 12.3. The number of hydrogen-bond donors (Lipinski definition) is 0. The molecule has 0 aliphatic carbocycles. The summed E-state index contributed by atoms with van der Waals surface area (Å²) < 4.78 is 0. The van der Waals surface area contributed by atoms with E-state index in [-0.39, 0.29) is 5.79 Å². The first kappa shape index (κ1) is 21.9. The Bertz CT molecular complexity index is 229. The molecule has 0 aliphatic heterocycles. The number of rotatable bonds is 14. The van der Waals surface area contributed by atoms with Gasteiger partial charge in [-0.3, -0.25) is 14.7 Å². The number of nitrogens with zero attached hydrogens (tertiary/aromatic N) is 3. The van der Waals surface area contributed by atoms with Crippen LogP contribution in [0.4, 0.5) is 0 Å². The van der Waals surface area contributed by atoms with E-state index < -0.39 is 0 Å². The lowest BCUT2D eigenvalue weighted by molar-refractivity contribution is -0.142. The van der Waals surface area contributed by atoms with Gasteiger partial charge >= 0.3 is 0 Å². The van der Waals surface area contributed by atoms with E-state index >= 15 is 0 Å². The van der Waals surface area contributed by atoms with Crippen molar-refractivity contribution in [3.05, 3.63) is 0 Å². The van der Waals surface area contributed by atoms with Gasteiger partial charge in [0.2, 0.25) is 0 Å². The van der Waals surface area contributed by atoms with E-state index in [2.05, 4.69) is 63.5 Å². The summed E-state index contributed by atoms with van der Waals surface area (Å²) >= 11 is 0. The van der Waals surface area contributed by atoms with Crippen LogP contribution in [0.2, 0.25) is 0 Å². The maximum Gasteiger partial charge on any atom is 0.130 e. The van der Waals surface area contributed by atoms with Gasteiger partial charge in [0, 0.05) is 0 Å². The Morgan fingerprint density at radius 3 is 1.27 bits per heavy atom. The molecule has 0 aromatic rings. The van der Waals surface area contributed by atoms with Crippen LogP contribution < -0.4 is 0 Å². The monoisotopic (exact) mass is 313 g/mol. The van der Waals surface area contributed by atoms with Crippen LogP contribution >= 0.6 is 0 Å². The summed E-state index contributed by atoms with van der Waals surface area (Å²) in [6.07, 6.45) is 10.9. The molecular formula is C19H43N3. The Morgan fingerprint density at radius 2 is 0.909 bits per heavy atom. The highest BCUT2D eigenvalue weighted by atomic mass is 15.5. The molecule has 0 atom stereocenters. The lowest BCUT2D eigenvalue weighted by Gasteiger charge is -2.53. The third-order valence-corrected chi connectivity index (χ3v) is 5.37. The van der Waals surface area contributed by atoms with E-state index in [9.17, 15) is 0 Å². The molecule has 0 aromatic carbocycles. The average molecular weight is 314 g/mol. The predicted molar refractivity (Wildman–Crippen MR) is 100 cm³/mol. The normalized spacial score (nSPS) is 12.8. The highest BCUT2D eigenvalue weighted by Crippen LogP contribution is 2.28. The van der Waals surface area contributed by atoms with Crippen LogP contribution in [-0.2, 0) is 0 Å². The molecule has 3 nitrogen and oxygen atoms in total. The molecule has 0 rings (SSSR count). The van der Waals surface area contributed by atoms with E-state index in [0.29, 0.717) is 0 Å². The SMILES string of the molecule is CCCCCCCCCC(N(C)CC)(N(C)CC)N(C)CC. The van der Waals surface area contributed by atoms with Crippen LogP contribution in [0.3, 0.4) is 0 Å². The largest absolute Gasteiger partial charge is 0.276 e. The molecule has 0 spiro atoms. The van der Waals surface area contributed by atoms with Gasteiger partial charge in [-0.1, -0.05) is 66.2 Å². The molecule has 0 aliphatic rings. The second kappa shape index (κ2) is 12.3. The summed E-state index contributed by atoms with van der Waals surface area (Å²) in [4.78, 5) is 7.57. The van der Waals surface area contributed by atoms with Gasteiger partial charge in [0.05, 0.1) is 0 Å². The van der Waals surface area contributed by atoms with Crippen molar-refractivity contribution < 1.29 is 0 Å². The first-order valence-corrected chi connectivity index (χ1v) is 9.64. The molecule has 0 unspecified atom stereocenters. The van der Waals surface area contributed by atoms with Crippen molar-refractivity contribution >= 4 is 0 Å². The van der Waals surface area contributed by atoms with Crippen molar-refractivity contribution in [3.63, 3.8) is 0 Å². The Hall–Kier alpha value is -0.120. The van der Waals surface area contributed by atoms with Crippen LogP contribution in [0, 0.1) is 0 Å². The highest BCUT2D eigenvalue weighted by molar-refractivity contribution is 4.86. The van der Waals surface area contributed by atoms with Gasteiger partial charge in [0.25, 0.3) is 0 Å². The van der Waals surface area contributed by atoms with Gasteiger partial charge in [-0.15, -0.1) is 0 Å². The summed E-state index contributed by atoms with van der Waals surface area (Å²) in [5.74, 6) is 0.0711. The van der Waals surface area contributed by atoms with Gasteiger partial charge in [0.1, 0.15) is 5.79 Å². The number of unbranched alkanes of at least 4 members (excludes halogenated alkanes) is 6. The zero-order valence-corrected chi connectivity index (χ0v) is 16.6. The minimum Gasteiger partial charge on any atom is -0.276 e. The van der Waals surface area contributed by atoms with Gasteiger partial charge in [-0.05, 0) is 53.6 Å². The highest BCUT2D eigenvalue weighted by Gasteiger charge is 2.40. The Balaban J connectivity index is 4.64. The van der Waals surface area contributed by atoms with E-state index in [1.54, 1.807) is 0 Å². The summed E-state index contributed by atoms with van der Waals surface area (Å²) in [7, 11) is 6.83. The molecule has 0 saturated carbocycles. The summed E-state index contributed by atoms with van der Waals surface area (Å²) in [6, 6.07) is 0. The fourth-order valence-corrected chi connectivity index (χ4v) is 3.53. The molecule has 0 fully saturated rings. The zero-order valence-electron chi connectivity index (χ0n) is 16.6. The second-order valence-corrected chi connectivity index (χ2v) is 6.69. The van der Waals surface area contributed by atoms with Gasteiger partial charge in [0.15, 0.2) is 0 Å². The second-order valence-electron chi connectivity index (χ2n) is 6.69. The topological polar surface area (TPSA) is 9.72 Å². The smallest absolute Gasteiger partial charge is 0.130 e. The Morgan fingerprint density at radius 1 is 0.545 bits per heavy atom. The zero-order chi connectivity index (χ0) is 17.0. The van der Waals surface area contributed by atoms with Crippen LogP contribution in [0.15, 0.2) is 0 Å². The summed E-state index contributed by atoms with van der Waals surface area (Å²) in [5.41, 5.74) is 0. The predicted octanol–water partition coefficient (Wildman–Crippen LogP) is 4.64. The third-order valence-electron chi connectivity index (χ3n) is 5.37. The molecule has 0 radical (unpaired) electrons. The molecule has 134 valence electrons. The fraction of sp³-hybridized carbons (Fsp3) is 1.00. The molecule has 0 aromatic heterocycles. The number of hydrogen-bond acceptors (Lipinski definition) is 3. The van der Waals surface area contributed by atoms with Crippen LogP contribution in [-0.4, -0.2) is 61.3 Å². The van der Waals surface area contributed by atoms with Crippen molar-refractivity contribution in [2.75, 3.05) is 40.8 Å². The van der Waals surface area contributed by atoms with Crippen LogP contribution in [0.5, 0.6) is 0 Å². The van der Waals surface area contributed by atoms with Crippen LogP contribution in [0.1, 0.15) is 79.1 Å². The molecule has 22 heavy (non-hydrogen) atoms. The first-order valence-electron chi connectivity index (χ1n) is 9.64. The van der Waals surface area contributed by atoms with Gasteiger partial charge < -0.3 is 0 Å². The first-order chi connectivity index (χ1) is 10.5. The van der Waals surface area contributed by atoms with Crippen molar-refractivity contribution in [1.82, 2.24) is 14.7 Å². The quantitative estimate of drug-likeness (QED) is 0.342. The van der Waals surface area contributed by atoms with Crippen molar-refractivity contribution in [2.45, 2.75) is 84.8 Å². The maximum absolute atomic E-state index is 2.52. The lowest BCUT2D eigenvalue weighted by Crippen LogP contribution is -2.67. The van der Waals surface area contributed by atoms with Gasteiger partial charge in [-0.25, -0.2) is 0 Å². The van der Waals surface area contributed by atoms with E-state index in [0.717, 1.165) is 19.6 Å². The maximum atomic E-state index is 2.52. The minimum absolute atomic E-state index is 0.0711. The minimum atomic E-state index is 0.0711.